The fraction of sp³-hybridized carbons (Fsp3) is 0.105. The van der Waals surface area contributed by atoms with Gasteiger partial charge in [0.2, 0.25) is 11.9 Å². The molecule has 7 heteroatoms. The number of nitrogens with zero attached hydrogens (tertiary/aromatic N) is 3. The topological polar surface area (TPSA) is 96.9 Å². The second-order valence-corrected chi connectivity index (χ2v) is 5.78. The van der Waals surface area contributed by atoms with Crippen LogP contribution in [-0.4, -0.2) is 26.8 Å². The minimum atomic E-state index is -0.337. The molecule has 2 aromatic carbocycles. The summed E-state index contributed by atoms with van der Waals surface area (Å²) in [5.41, 5.74) is 2.94. The Labute approximate surface area is 150 Å². The number of hydrogen-bond donors (Lipinski definition) is 2. The van der Waals surface area contributed by atoms with Crippen LogP contribution < -0.4 is 10.6 Å². The Bertz CT molecular complexity index is 897. The zero-order valence-electron chi connectivity index (χ0n) is 14.4. The summed E-state index contributed by atoms with van der Waals surface area (Å²) in [4.78, 5) is 36.4. The van der Waals surface area contributed by atoms with E-state index in [-0.39, 0.29) is 23.7 Å². The summed E-state index contributed by atoms with van der Waals surface area (Å²) < 4.78 is 0. The van der Waals surface area contributed by atoms with E-state index in [2.05, 4.69) is 25.6 Å². The normalized spacial score (nSPS) is 10.2. The van der Waals surface area contributed by atoms with Gasteiger partial charge in [0, 0.05) is 11.1 Å². The molecule has 0 saturated heterocycles. The zero-order chi connectivity index (χ0) is 18.5. The number of carbonyl (C=O) groups is 2. The molecule has 0 spiro atoms. The lowest BCUT2D eigenvalue weighted by atomic mass is 10.1. The van der Waals surface area contributed by atoms with Crippen molar-refractivity contribution < 1.29 is 9.59 Å². The Balaban J connectivity index is 1.72. The summed E-state index contributed by atoms with van der Waals surface area (Å²) in [5.74, 6) is -0.552. The third kappa shape index (κ3) is 4.27. The summed E-state index contributed by atoms with van der Waals surface area (Å²) in [7, 11) is 0. The molecule has 0 aliphatic carbocycles. The van der Waals surface area contributed by atoms with Crippen molar-refractivity contribution in [3.8, 4) is 0 Å². The minimum absolute atomic E-state index is 0.0612. The average molecular weight is 347 g/mol. The first-order valence-corrected chi connectivity index (χ1v) is 7.96. The highest BCUT2D eigenvalue weighted by molar-refractivity contribution is 6.04. The smallest absolute Gasteiger partial charge is 0.258 e. The molecule has 0 bridgehead atoms. The van der Waals surface area contributed by atoms with Gasteiger partial charge < -0.3 is 0 Å². The molecule has 0 aliphatic rings. The number of nitrogens with one attached hydrogen (secondary N) is 2. The first-order chi connectivity index (χ1) is 12.5. The highest BCUT2D eigenvalue weighted by atomic mass is 16.2. The third-order valence-electron chi connectivity index (χ3n) is 3.58. The number of carbonyl (C=O) groups excluding carboxylic acids is 2. The molecule has 0 radical (unpaired) electrons. The van der Waals surface area contributed by atoms with E-state index in [0.29, 0.717) is 11.1 Å². The highest BCUT2D eigenvalue weighted by Gasteiger charge is 2.11. The van der Waals surface area contributed by atoms with Gasteiger partial charge in [0.05, 0.1) is 0 Å². The Morgan fingerprint density at radius 3 is 1.65 bits per heavy atom. The molecule has 0 fully saturated rings. The molecule has 1 heterocycles. The Morgan fingerprint density at radius 1 is 0.769 bits per heavy atom. The van der Waals surface area contributed by atoms with Crippen molar-refractivity contribution in [2.75, 3.05) is 10.6 Å². The Morgan fingerprint density at radius 2 is 1.23 bits per heavy atom. The molecular formula is C19H17N5O2. The van der Waals surface area contributed by atoms with Crippen molar-refractivity contribution in [2.24, 2.45) is 0 Å². The van der Waals surface area contributed by atoms with Gasteiger partial charge >= 0.3 is 0 Å². The number of hydrogen-bond acceptors (Lipinski definition) is 5. The molecule has 1 aromatic heterocycles. The lowest BCUT2D eigenvalue weighted by molar-refractivity contribution is 0.101. The van der Waals surface area contributed by atoms with Crippen LogP contribution in [0.1, 0.15) is 31.8 Å². The third-order valence-corrected chi connectivity index (χ3v) is 3.58. The van der Waals surface area contributed by atoms with E-state index in [9.17, 15) is 9.59 Å². The van der Waals surface area contributed by atoms with E-state index in [4.69, 9.17) is 0 Å². The predicted molar refractivity (Wildman–Crippen MR) is 98.1 cm³/mol. The lowest BCUT2D eigenvalue weighted by Gasteiger charge is -2.07. The zero-order valence-corrected chi connectivity index (χ0v) is 14.4. The van der Waals surface area contributed by atoms with Crippen LogP contribution >= 0.6 is 0 Å². The van der Waals surface area contributed by atoms with Gasteiger partial charge in [0.25, 0.3) is 11.8 Å². The summed E-state index contributed by atoms with van der Waals surface area (Å²) in [6, 6.07) is 14.3. The van der Waals surface area contributed by atoms with E-state index >= 15 is 0 Å². The molecule has 2 N–H and O–H groups in total. The second-order valence-electron chi connectivity index (χ2n) is 5.78. The highest BCUT2D eigenvalue weighted by Crippen LogP contribution is 2.10. The Kier molecular flexibility index (Phi) is 4.98. The number of anilines is 2. The molecule has 0 aliphatic heterocycles. The van der Waals surface area contributed by atoms with Crippen molar-refractivity contribution in [3.63, 3.8) is 0 Å². The standard InChI is InChI=1S/C19H17N5O2/c1-12-5-3-7-14(9-12)16(25)22-18-20-11-21-19(24-18)23-17(26)15-8-4-6-13(2)10-15/h3-11H,1-2H3,(H2,20,21,22,23,24,25,26). The maximum Gasteiger partial charge on any atom is 0.258 e. The molecule has 26 heavy (non-hydrogen) atoms. The van der Waals surface area contributed by atoms with Crippen molar-refractivity contribution >= 4 is 23.7 Å². The van der Waals surface area contributed by atoms with Crippen LogP contribution in [0.2, 0.25) is 0 Å². The summed E-state index contributed by atoms with van der Waals surface area (Å²) in [6.45, 7) is 3.80. The molecular weight excluding hydrogens is 330 g/mol. The maximum absolute atomic E-state index is 12.3. The summed E-state index contributed by atoms with van der Waals surface area (Å²) in [5, 5.41) is 5.19. The number of aryl methyl sites for hydroxylation is 2. The van der Waals surface area contributed by atoms with Gasteiger partial charge in [0.15, 0.2) is 0 Å². The van der Waals surface area contributed by atoms with Crippen LogP contribution in [-0.2, 0) is 0 Å². The van der Waals surface area contributed by atoms with Crippen molar-refractivity contribution in [3.05, 3.63) is 77.1 Å². The molecule has 3 aromatic rings. The lowest BCUT2D eigenvalue weighted by Crippen LogP contribution is -2.18. The second kappa shape index (κ2) is 7.52. The molecule has 0 saturated carbocycles. The van der Waals surface area contributed by atoms with Crippen LogP contribution in [0.5, 0.6) is 0 Å². The number of rotatable bonds is 4. The van der Waals surface area contributed by atoms with E-state index < -0.39 is 0 Å². The largest absolute Gasteiger partial charge is 0.290 e. The first kappa shape index (κ1) is 17.2. The van der Waals surface area contributed by atoms with Gasteiger partial charge in [-0.25, -0.2) is 9.97 Å². The van der Waals surface area contributed by atoms with E-state index in [0.717, 1.165) is 11.1 Å². The van der Waals surface area contributed by atoms with E-state index in [1.807, 2.05) is 26.0 Å². The molecule has 130 valence electrons. The molecule has 0 atom stereocenters. The fourth-order valence-corrected chi connectivity index (χ4v) is 2.34. The predicted octanol–water partition coefficient (Wildman–Crippen LogP) is 2.99. The first-order valence-electron chi connectivity index (χ1n) is 7.96. The quantitative estimate of drug-likeness (QED) is 0.756. The van der Waals surface area contributed by atoms with Crippen LogP contribution in [0.15, 0.2) is 54.9 Å². The van der Waals surface area contributed by atoms with E-state index in [1.54, 1.807) is 36.4 Å². The van der Waals surface area contributed by atoms with Gasteiger partial charge in [-0.05, 0) is 38.1 Å². The number of aromatic nitrogens is 3. The number of amides is 2. The SMILES string of the molecule is Cc1cccc(C(=O)Nc2ncnc(NC(=O)c3cccc(C)c3)n2)c1. The molecule has 7 nitrogen and oxygen atoms in total. The summed E-state index contributed by atoms with van der Waals surface area (Å²) >= 11 is 0. The molecule has 2 amide bonds. The van der Waals surface area contributed by atoms with Gasteiger partial charge in [-0.15, -0.1) is 0 Å². The average Bonchev–Trinajstić information content (AvgIpc) is 2.62. The molecule has 0 unspecified atom stereocenters. The van der Waals surface area contributed by atoms with Gasteiger partial charge in [0.1, 0.15) is 6.33 Å². The monoisotopic (exact) mass is 347 g/mol. The fourth-order valence-electron chi connectivity index (χ4n) is 2.34. The van der Waals surface area contributed by atoms with Crippen LogP contribution in [0.3, 0.4) is 0 Å². The van der Waals surface area contributed by atoms with Crippen LogP contribution in [0.25, 0.3) is 0 Å². The van der Waals surface area contributed by atoms with Crippen molar-refractivity contribution in [1.29, 1.82) is 0 Å². The van der Waals surface area contributed by atoms with Gasteiger partial charge in [-0.2, -0.15) is 4.98 Å². The van der Waals surface area contributed by atoms with E-state index in [1.165, 1.54) is 6.33 Å². The minimum Gasteiger partial charge on any atom is -0.290 e. The van der Waals surface area contributed by atoms with Gasteiger partial charge in [-0.3, -0.25) is 20.2 Å². The summed E-state index contributed by atoms with van der Waals surface area (Å²) in [6.07, 6.45) is 1.23. The molecule has 3 rings (SSSR count). The van der Waals surface area contributed by atoms with Crippen molar-refractivity contribution in [1.82, 2.24) is 15.0 Å². The van der Waals surface area contributed by atoms with Crippen LogP contribution in [0, 0.1) is 13.8 Å². The Hall–Kier alpha value is -3.61. The number of benzene rings is 2. The van der Waals surface area contributed by atoms with Crippen molar-refractivity contribution in [2.45, 2.75) is 13.8 Å². The van der Waals surface area contributed by atoms with Gasteiger partial charge in [-0.1, -0.05) is 35.4 Å². The maximum atomic E-state index is 12.3. The van der Waals surface area contributed by atoms with Crippen LogP contribution in [0.4, 0.5) is 11.9 Å².